The zero-order valence-electron chi connectivity index (χ0n) is 18.0. The van der Waals surface area contributed by atoms with E-state index in [0.717, 1.165) is 11.1 Å². The van der Waals surface area contributed by atoms with Crippen molar-refractivity contribution in [1.29, 1.82) is 0 Å². The van der Waals surface area contributed by atoms with Crippen molar-refractivity contribution in [2.45, 2.75) is 31.8 Å². The molecule has 164 valence electrons. The lowest BCUT2D eigenvalue weighted by Gasteiger charge is -2.14. The van der Waals surface area contributed by atoms with Crippen molar-refractivity contribution in [3.63, 3.8) is 0 Å². The number of nitrogens with one attached hydrogen (secondary N) is 2. The maximum absolute atomic E-state index is 14.6. The molecule has 0 saturated carbocycles. The second-order valence-corrected chi connectivity index (χ2v) is 9.27. The molecule has 0 atom stereocenters. The average Bonchev–Trinajstić information content (AvgIpc) is 3.13. The fraction of sp³-hybridized carbons (Fsp3) is 0.273. The number of hydrogen-bond acceptors (Lipinski definition) is 4. The van der Waals surface area contributed by atoms with E-state index in [2.05, 4.69) is 20.6 Å². The molecule has 3 aromatic rings. The van der Waals surface area contributed by atoms with Crippen LogP contribution in [0.5, 0.6) is 0 Å². The lowest BCUT2D eigenvalue weighted by molar-refractivity contribution is 0.601. The van der Waals surface area contributed by atoms with Crippen LogP contribution in [0.3, 0.4) is 0 Å². The summed E-state index contributed by atoms with van der Waals surface area (Å²) in [5, 5.41) is 6.34. The van der Waals surface area contributed by atoms with Gasteiger partial charge in [-0.15, -0.1) is 0 Å². The molecule has 2 N–H and O–H groups in total. The van der Waals surface area contributed by atoms with Crippen LogP contribution in [0.4, 0.5) is 4.39 Å². The Hall–Kier alpha value is -3.20. The molecule has 3 rings (SSSR count). The van der Waals surface area contributed by atoms with Gasteiger partial charge in [0.25, 0.3) is 0 Å². The number of guanidine groups is 1. The second-order valence-electron chi connectivity index (χ2n) is 7.28. The number of imidazole rings is 1. The van der Waals surface area contributed by atoms with Crippen LogP contribution in [0.2, 0.25) is 0 Å². The van der Waals surface area contributed by atoms with E-state index in [4.69, 9.17) is 0 Å². The molecule has 7 nitrogen and oxygen atoms in total. The Morgan fingerprint density at radius 3 is 2.26 bits per heavy atom. The van der Waals surface area contributed by atoms with Gasteiger partial charge in [-0.2, -0.15) is 0 Å². The Morgan fingerprint density at radius 1 is 1.10 bits per heavy atom. The maximum atomic E-state index is 14.6. The predicted octanol–water partition coefficient (Wildman–Crippen LogP) is 2.90. The number of hydrogen-bond donors (Lipinski definition) is 2. The molecule has 0 unspecified atom stereocenters. The minimum atomic E-state index is -3.24. The van der Waals surface area contributed by atoms with Crippen LogP contribution < -0.4 is 10.6 Å². The number of nitrogens with zero attached hydrogens (tertiary/aromatic N) is 3. The number of sulfone groups is 1. The van der Waals surface area contributed by atoms with Crippen molar-refractivity contribution in [2.24, 2.45) is 4.99 Å². The molecule has 0 aliphatic heterocycles. The lowest BCUT2D eigenvalue weighted by atomic mass is 10.1. The molecular weight excluding hydrogens is 417 g/mol. The average molecular weight is 444 g/mol. The first-order valence-electron chi connectivity index (χ1n) is 9.72. The van der Waals surface area contributed by atoms with Crippen LogP contribution in [-0.4, -0.2) is 37.2 Å². The van der Waals surface area contributed by atoms with Gasteiger partial charge in [0.2, 0.25) is 0 Å². The summed E-state index contributed by atoms with van der Waals surface area (Å²) in [6.07, 6.45) is 4.56. The van der Waals surface area contributed by atoms with E-state index in [9.17, 15) is 12.8 Å². The molecular formula is C22H26FN5O2S. The van der Waals surface area contributed by atoms with E-state index in [-0.39, 0.29) is 5.82 Å². The van der Waals surface area contributed by atoms with E-state index in [1.54, 1.807) is 49.1 Å². The fourth-order valence-electron chi connectivity index (χ4n) is 3.32. The lowest BCUT2D eigenvalue weighted by Crippen LogP contribution is -2.36. The van der Waals surface area contributed by atoms with Gasteiger partial charge in [0.05, 0.1) is 10.6 Å². The summed E-state index contributed by atoms with van der Waals surface area (Å²) in [5.74, 6) is 0.943. The number of aliphatic imine (C=N–C) groups is 1. The topological polar surface area (TPSA) is 88.4 Å². The quantitative estimate of drug-likeness (QED) is 0.452. The minimum absolute atomic E-state index is 0.329. The fourth-order valence-corrected chi connectivity index (χ4v) is 4.28. The zero-order valence-corrected chi connectivity index (χ0v) is 18.8. The summed E-state index contributed by atoms with van der Waals surface area (Å²) in [6.45, 7) is 4.46. The van der Waals surface area contributed by atoms with Crippen molar-refractivity contribution in [2.75, 3.05) is 13.3 Å². The van der Waals surface area contributed by atoms with E-state index in [1.807, 2.05) is 19.1 Å². The molecule has 0 radical (unpaired) electrons. The first kappa shape index (κ1) is 22.5. The van der Waals surface area contributed by atoms with E-state index < -0.39 is 9.84 Å². The van der Waals surface area contributed by atoms with E-state index >= 15 is 0 Å². The molecule has 0 bridgehead atoms. The number of halogens is 1. The number of rotatable bonds is 6. The monoisotopic (exact) mass is 443 g/mol. The summed E-state index contributed by atoms with van der Waals surface area (Å²) < 4.78 is 39.8. The van der Waals surface area contributed by atoms with Gasteiger partial charge in [0.15, 0.2) is 15.8 Å². The molecule has 1 aromatic heterocycles. The first-order valence-corrected chi connectivity index (χ1v) is 11.6. The van der Waals surface area contributed by atoms with Crippen LogP contribution in [0.15, 0.2) is 58.7 Å². The van der Waals surface area contributed by atoms with Crippen LogP contribution in [0, 0.1) is 19.7 Å². The van der Waals surface area contributed by atoms with Crippen LogP contribution in [0.1, 0.15) is 22.5 Å². The summed E-state index contributed by atoms with van der Waals surface area (Å²) >= 11 is 0. The van der Waals surface area contributed by atoms with E-state index in [1.165, 1.54) is 12.3 Å². The van der Waals surface area contributed by atoms with Crippen LogP contribution in [-0.2, 0) is 22.9 Å². The highest BCUT2D eigenvalue weighted by molar-refractivity contribution is 7.90. The highest BCUT2D eigenvalue weighted by Gasteiger charge is 2.11. The summed E-state index contributed by atoms with van der Waals surface area (Å²) in [4.78, 5) is 8.64. The highest BCUT2D eigenvalue weighted by atomic mass is 32.2. The van der Waals surface area contributed by atoms with Gasteiger partial charge in [-0.05, 0) is 48.7 Å². The smallest absolute Gasteiger partial charge is 0.191 e. The maximum Gasteiger partial charge on any atom is 0.191 e. The second kappa shape index (κ2) is 9.30. The Kier molecular flexibility index (Phi) is 6.74. The van der Waals surface area contributed by atoms with Crippen molar-refractivity contribution < 1.29 is 12.8 Å². The number of benzene rings is 2. The third-order valence-electron chi connectivity index (χ3n) is 4.88. The number of aromatic nitrogens is 2. The van der Waals surface area contributed by atoms with Crippen LogP contribution >= 0.6 is 0 Å². The van der Waals surface area contributed by atoms with Gasteiger partial charge in [-0.3, -0.25) is 4.99 Å². The summed E-state index contributed by atoms with van der Waals surface area (Å²) in [7, 11) is -1.59. The third-order valence-corrected chi connectivity index (χ3v) is 6.14. The van der Waals surface area contributed by atoms with Gasteiger partial charge in [-0.25, -0.2) is 17.8 Å². The molecule has 9 heteroatoms. The molecule has 0 saturated heterocycles. The Bertz CT molecular complexity index is 1220. The molecule has 1 heterocycles. The standard InChI is InChI=1S/C22H26FN5O2S/c1-15-11-17(6-8-21(15)31(4,29)30)13-26-22(24-3)27-14-18-5-7-20(19(23)12-18)28-10-9-25-16(28)2/h5-12H,13-14H2,1-4H3,(H2,24,26,27). The Labute approximate surface area is 182 Å². The largest absolute Gasteiger partial charge is 0.352 e. The van der Waals surface area contributed by atoms with Gasteiger partial charge < -0.3 is 15.2 Å². The highest BCUT2D eigenvalue weighted by Crippen LogP contribution is 2.18. The van der Waals surface area contributed by atoms with Crippen molar-refractivity contribution >= 4 is 15.8 Å². The Balaban J connectivity index is 1.61. The van der Waals surface area contributed by atoms with Gasteiger partial charge in [-0.1, -0.05) is 18.2 Å². The summed E-state index contributed by atoms with van der Waals surface area (Å²) in [5.41, 5.74) is 2.86. The van der Waals surface area contributed by atoms with E-state index in [0.29, 0.717) is 41.0 Å². The minimum Gasteiger partial charge on any atom is -0.352 e. The first-order chi connectivity index (χ1) is 14.7. The molecule has 0 aliphatic carbocycles. The van der Waals surface area contributed by atoms with Gasteiger partial charge in [0.1, 0.15) is 11.6 Å². The van der Waals surface area contributed by atoms with Crippen molar-refractivity contribution in [3.05, 3.63) is 77.1 Å². The SMILES string of the molecule is CN=C(NCc1ccc(S(C)(=O)=O)c(C)c1)NCc1ccc(-n2ccnc2C)c(F)c1. The molecule has 31 heavy (non-hydrogen) atoms. The predicted molar refractivity (Wildman–Crippen MR) is 120 cm³/mol. The molecule has 0 fully saturated rings. The van der Waals surface area contributed by atoms with Crippen LogP contribution in [0.25, 0.3) is 5.69 Å². The van der Waals surface area contributed by atoms with Gasteiger partial charge >= 0.3 is 0 Å². The van der Waals surface area contributed by atoms with Gasteiger partial charge in [0, 0.05) is 38.8 Å². The number of aryl methyl sites for hydroxylation is 2. The van der Waals surface area contributed by atoms with Crippen molar-refractivity contribution in [3.8, 4) is 5.69 Å². The molecule has 2 aromatic carbocycles. The molecule has 0 amide bonds. The third kappa shape index (κ3) is 5.49. The normalized spacial score (nSPS) is 12.1. The molecule has 0 spiro atoms. The zero-order chi connectivity index (χ0) is 22.6. The molecule has 0 aliphatic rings. The Morgan fingerprint density at radius 2 is 1.74 bits per heavy atom. The summed E-state index contributed by atoms with van der Waals surface area (Å²) in [6, 6.07) is 10.3. The van der Waals surface area contributed by atoms with Crippen molar-refractivity contribution in [1.82, 2.24) is 20.2 Å².